The summed E-state index contributed by atoms with van der Waals surface area (Å²) in [5.41, 5.74) is 9.46. The number of hydrogen-bond acceptors (Lipinski definition) is 5. The number of piperidine rings is 1. The van der Waals surface area contributed by atoms with Gasteiger partial charge in [0, 0.05) is 44.2 Å². The smallest absolute Gasteiger partial charge is 0.255 e. The molecular weight excluding hydrogens is 344 g/mol. The molecule has 5 rings (SSSR count). The van der Waals surface area contributed by atoms with Crippen LogP contribution >= 0.6 is 0 Å². The van der Waals surface area contributed by atoms with Crippen molar-refractivity contribution < 1.29 is 14.4 Å². The number of fused-ring (bicyclic) bond motifs is 1. The molecule has 7 nitrogen and oxygen atoms in total. The van der Waals surface area contributed by atoms with Crippen LogP contribution in [0.4, 0.5) is 0 Å². The van der Waals surface area contributed by atoms with Crippen LogP contribution < -0.4 is 11.1 Å². The monoisotopic (exact) mass is 368 g/mol. The lowest BCUT2D eigenvalue weighted by Gasteiger charge is -2.29. The number of nitrogens with two attached hydrogens (primary N) is 1. The van der Waals surface area contributed by atoms with Crippen LogP contribution in [0.3, 0.4) is 0 Å². The lowest BCUT2D eigenvalue weighted by Crippen LogP contribution is -2.52. The highest BCUT2D eigenvalue weighted by molar-refractivity contribution is 6.05. The zero-order valence-electron chi connectivity index (χ0n) is 15.2. The topological polar surface area (TPSA) is 95.7 Å². The molecule has 4 aliphatic rings. The molecular formula is C20H24N4O3. The number of hydrogen-bond donors (Lipinski definition) is 2. The van der Waals surface area contributed by atoms with Crippen molar-refractivity contribution in [2.24, 2.45) is 11.1 Å². The fourth-order valence-electron chi connectivity index (χ4n) is 4.89. The molecule has 0 aromatic heterocycles. The highest BCUT2D eigenvalue weighted by atomic mass is 16.2. The van der Waals surface area contributed by atoms with Crippen molar-refractivity contribution >= 4 is 17.7 Å². The number of benzene rings is 1. The Bertz CT molecular complexity index is 848. The van der Waals surface area contributed by atoms with E-state index in [0.717, 1.165) is 25.2 Å². The van der Waals surface area contributed by atoms with Crippen molar-refractivity contribution in [3.05, 3.63) is 34.9 Å². The van der Waals surface area contributed by atoms with E-state index in [1.165, 1.54) is 18.4 Å². The SMILES string of the molecule is NC1CN(Cc2ccc3c(c2)CN(C2CCC(=O)NC2=O)C3=O)CC12CC2. The van der Waals surface area contributed by atoms with Gasteiger partial charge in [-0.3, -0.25) is 24.6 Å². The molecule has 2 unspecified atom stereocenters. The van der Waals surface area contributed by atoms with Crippen molar-refractivity contribution in [1.82, 2.24) is 15.1 Å². The first-order valence-corrected chi connectivity index (χ1v) is 9.70. The van der Waals surface area contributed by atoms with Gasteiger partial charge in [-0.05, 0) is 41.9 Å². The number of rotatable bonds is 3. The Morgan fingerprint density at radius 2 is 2.04 bits per heavy atom. The third-order valence-corrected chi connectivity index (χ3v) is 6.67. The number of nitrogens with zero attached hydrogens (tertiary/aromatic N) is 2. The Morgan fingerprint density at radius 3 is 2.74 bits per heavy atom. The van der Waals surface area contributed by atoms with Gasteiger partial charge in [0.05, 0.1) is 0 Å². The summed E-state index contributed by atoms with van der Waals surface area (Å²) in [6, 6.07) is 5.69. The van der Waals surface area contributed by atoms with E-state index in [1.807, 2.05) is 12.1 Å². The van der Waals surface area contributed by atoms with Crippen molar-refractivity contribution in [2.45, 2.75) is 50.9 Å². The summed E-state index contributed by atoms with van der Waals surface area (Å²) < 4.78 is 0. The van der Waals surface area contributed by atoms with Crippen LogP contribution in [0.25, 0.3) is 0 Å². The Kier molecular flexibility index (Phi) is 3.67. The second-order valence-electron chi connectivity index (χ2n) is 8.53. The average molecular weight is 368 g/mol. The largest absolute Gasteiger partial charge is 0.326 e. The molecule has 3 N–H and O–H groups in total. The Labute approximate surface area is 157 Å². The summed E-state index contributed by atoms with van der Waals surface area (Å²) in [5, 5.41) is 2.34. The lowest BCUT2D eigenvalue weighted by molar-refractivity contribution is -0.136. The predicted octanol–water partition coefficient (Wildman–Crippen LogP) is 0.371. The third-order valence-electron chi connectivity index (χ3n) is 6.67. The van der Waals surface area contributed by atoms with Crippen LogP contribution in [0, 0.1) is 5.41 Å². The minimum absolute atomic E-state index is 0.119. The molecule has 3 aliphatic heterocycles. The second kappa shape index (κ2) is 5.87. The molecule has 1 spiro atoms. The van der Waals surface area contributed by atoms with Crippen LogP contribution in [0.2, 0.25) is 0 Å². The van der Waals surface area contributed by atoms with Gasteiger partial charge in [-0.1, -0.05) is 12.1 Å². The predicted molar refractivity (Wildman–Crippen MR) is 97.4 cm³/mol. The molecule has 0 bridgehead atoms. The fraction of sp³-hybridized carbons (Fsp3) is 0.550. The highest BCUT2D eigenvalue weighted by Crippen LogP contribution is 2.52. The van der Waals surface area contributed by atoms with Gasteiger partial charge in [-0.2, -0.15) is 0 Å². The average Bonchev–Trinajstić information content (AvgIpc) is 3.24. The quantitative estimate of drug-likeness (QED) is 0.752. The number of imide groups is 1. The van der Waals surface area contributed by atoms with Gasteiger partial charge < -0.3 is 10.6 Å². The third kappa shape index (κ3) is 2.76. The molecule has 1 aliphatic carbocycles. The van der Waals surface area contributed by atoms with E-state index >= 15 is 0 Å². The summed E-state index contributed by atoms with van der Waals surface area (Å²) in [5.74, 6) is -0.750. The number of likely N-dealkylation sites (tertiary alicyclic amines) is 1. The van der Waals surface area contributed by atoms with Gasteiger partial charge in [0.2, 0.25) is 11.8 Å². The molecule has 27 heavy (non-hydrogen) atoms. The molecule has 1 aromatic carbocycles. The van der Waals surface area contributed by atoms with Crippen LogP contribution in [0.5, 0.6) is 0 Å². The summed E-state index contributed by atoms with van der Waals surface area (Å²) in [4.78, 5) is 40.3. The fourth-order valence-corrected chi connectivity index (χ4v) is 4.89. The molecule has 142 valence electrons. The van der Waals surface area contributed by atoms with Crippen LogP contribution in [0.1, 0.15) is 47.2 Å². The number of carbonyl (C=O) groups excluding carboxylic acids is 3. The molecule has 2 saturated heterocycles. The van der Waals surface area contributed by atoms with E-state index in [0.29, 0.717) is 23.9 Å². The zero-order chi connectivity index (χ0) is 18.8. The minimum Gasteiger partial charge on any atom is -0.326 e. The van der Waals surface area contributed by atoms with Gasteiger partial charge in [-0.15, -0.1) is 0 Å². The Morgan fingerprint density at radius 1 is 1.22 bits per heavy atom. The van der Waals surface area contributed by atoms with Crippen molar-refractivity contribution in [3.63, 3.8) is 0 Å². The van der Waals surface area contributed by atoms with Crippen LogP contribution in [0.15, 0.2) is 18.2 Å². The van der Waals surface area contributed by atoms with Crippen LogP contribution in [-0.2, 0) is 22.7 Å². The molecule has 1 aromatic rings. The van der Waals surface area contributed by atoms with Gasteiger partial charge in [-0.25, -0.2) is 0 Å². The summed E-state index contributed by atoms with van der Waals surface area (Å²) >= 11 is 0. The van der Waals surface area contributed by atoms with Crippen molar-refractivity contribution in [3.8, 4) is 0 Å². The maximum atomic E-state index is 12.7. The summed E-state index contributed by atoms with van der Waals surface area (Å²) in [6.07, 6.45) is 3.15. The Balaban J connectivity index is 1.30. The van der Waals surface area contributed by atoms with E-state index in [1.54, 1.807) is 4.90 Å². The molecule has 0 radical (unpaired) electrons. The Hall–Kier alpha value is -2.25. The van der Waals surface area contributed by atoms with E-state index < -0.39 is 6.04 Å². The second-order valence-corrected chi connectivity index (χ2v) is 8.53. The first-order valence-electron chi connectivity index (χ1n) is 9.70. The van der Waals surface area contributed by atoms with E-state index in [2.05, 4.69) is 16.3 Å². The summed E-state index contributed by atoms with van der Waals surface area (Å²) in [6.45, 7) is 3.26. The van der Waals surface area contributed by atoms with Gasteiger partial charge in [0.1, 0.15) is 6.04 Å². The number of carbonyl (C=O) groups is 3. The van der Waals surface area contributed by atoms with Crippen LogP contribution in [-0.4, -0.2) is 52.7 Å². The van der Waals surface area contributed by atoms with Gasteiger partial charge >= 0.3 is 0 Å². The molecule has 3 heterocycles. The van der Waals surface area contributed by atoms with Crippen molar-refractivity contribution in [2.75, 3.05) is 13.1 Å². The molecule has 3 amide bonds. The normalized spacial score (nSPS) is 29.4. The first kappa shape index (κ1) is 16.9. The van der Waals surface area contributed by atoms with E-state index in [-0.39, 0.29) is 30.2 Å². The van der Waals surface area contributed by atoms with E-state index in [4.69, 9.17) is 5.73 Å². The van der Waals surface area contributed by atoms with Gasteiger partial charge in [0.25, 0.3) is 5.91 Å². The number of nitrogens with one attached hydrogen (secondary N) is 1. The molecule has 3 fully saturated rings. The van der Waals surface area contributed by atoms with E-state index in [9.17, 15) is 14.4 Å². The number of amides is 3. The maximum Gasteiger partial charge on any atom is 0.255 e. The van der Waals surface area contributed by atoms with Gasteiger partial charge in [0.15, 0.2) is 0 Å². The molecule has 1 saturated carbocycles. The molecule has 7 heteroatoms. The first-order chi connectivity index (χ1) is 12.9. The molecule has 2 atom stereocenters. The summed E-state index contributed by atoms with van der Waals surface area (Å²) in [7, 11) is 0. The lowest BCUT2D eigenvalue weighted by atomic mass is 10.0. The minimum atomic E-state index is -0.558. The zero-order valence-corrected chi connectivity index (χ0v) is 15.2. The maximum absolute atomic E-state index is 12.7. The highest BCUT2D eigenvalue weighted by Gasteiger charge is 2.53. The standard InChI is InChI=1S/C20H24N4O3/c21-16-10-23(11-20(16)5-6-20)8-12-1-2-14-13(7-12)9-24(19(14)27)15-3-4-17(25)22-18(15)26/h1-2,7,15-16H,3-6,8-11,21H2,(H,22,25,26). The van der Waals surface area contributed by atoms with Crippen molar-refractivity contribution in [1.29, 1.82) is 0 Å².